The van der Waals surface area contributed by atoms with Gasteiger partial charge in [-0.3, -0.25) is 0 Å². The number of carbonyl (C=O) groups is 1. The number of piperidine rings is 1. The van der Waals surface area contributed by atoms with Crippen LogP contribution in [0.15, 0.2) is 18.2 Å². The predicted octanol–water partition coefficient (Wildman–Crippen LogP) is 4.47. The molecule has 2 aliphatic rings. The van der Waals surface area contributed by atoms with Crippen molar-refractivity contribution in [3.05, 3.63) is 28.8 Å². The van der Waals surface area contributed by atoms with Gasteiger partial charge < -0.3 is 19.3 Å². The van der Waals surface area contributed by atoms with Crippen molar-refractivity contribution in [2.75, 3.05) is 39.4 Å². The predicted molar refractivity (Wildman–Crippen MR) is 112 cm³/mol. The molecule has 3 rings (SSSR count). The Hall–Kier alpha value is -1.46. The molecule has 0 spiro atoms. The van der Waals surface area contributed by atoms with Crippen molar-refractivity contribution >= 4 is 17.7 Å². The topological polar surface area (TPSA) is 42.0 Å². The van der Waals surface area contributed by atoms with E-state index in [2.05, 4.69) is 11.0 Å². The summed E-state index contributed by atoms with van der Waals surface area (Å²) in [7, 11) is 0. The van der Waals surface area contributed by atoms with Crippen LogP contribution < -0.4 is 4.74 Å². The van der Waals surface area contributed by atoms with E-state index in [-0.39, 0.29) is 12.1 Å². The molecule has 6 heteroatoms. The van der Waals surface area contributed by atoms with Crippen LogP contribution in [0.1, 0.15) is 39.2 Å². The minimum Gasteiger partial charge on any atom is -0.494 e. The first kappa shape index (κ1) is 21.3. The van der Waals surface area contributed by atoms with Gasteiger partial charge in [0.25, 0.3) is 0 Å². The molecule has 1 amide bonds. The van der Waals surface area contributed by atoms with E-state index in [1.54, 1.807) is 0 Å². The molecule has 1 unspecified atom stereocenters. The second-order valence-corrected chi connectivity index (χ2v) is 8.73. The molecule has 1 aromatic carbocycles. The molecule has 0 bridgehead atoms. The second kappa shape index (κ2) is 9.84. The van der Waals surface area contributed by atoms with Gasteiger partial charge in [-0.05, 0) is 82.8 Å². The number of likely N-dealkylation sites (tertiary alicyclic amines) is 1. The summed E-state index contributed by atoms with van der Waals surface area (Å²) in [6.45, 7) is 11.3. The van der Waals surface area contributed by atoms with Crippen LogP contribution >= 0.6 is 11.6 Å². The van der Waals surface area contributed by atoms with Crippen molar-refractivity contribution in [2.45, 2.75) is 46.1 Å². The first-order valence-electron chi connectivity index (χ1n) is 10.5. The summed E-state index contributed by atoms with van der Waals surface area (Å²) in [5, 5.41) is 0.837. The Morgan fingerprint density at radius 3 is 2.68 bits per heavy atom. The number of hydrogen-bond acceptors (Lipinski definition) is 4. The molecule has 156 valence electrons. The van der Waals surface area contributed by atoms with Gasteiger partial charge in [0, 0.05) is 30.1 Å². The summed E-state index contributed by atoms with van der Waals surface area (Å²) >= 11 is 6.41. The molecule has 2 aliphatic heterocycles. The third kappa shape index (κ3) is 5.54. The number of benzene rings is 1. The summed E-state index contributed by atoms with van der Waals surface area (Å²) < 4.78 is 11.0. The van der Waals surface area contributed by atoms with Gasteiger partial charge in [0.2, 0.25) is 0 Å². The number of nitrogens with zero attached hydrogens (tertiary/aromatic N) is 2. The number of amides is 1. The van der Waals surface area contributed by atoms with Crippen LogP contribution in [0.5, 0.6) is 5.75 Å². The van der Waals surface area contributed by atoms with Gasteiger partial charge in [-0.15, -0.1) is 0 Å². The fourth-order valence-electron chi connectivity index (χ4n) is 4.22. The average molecular weight is 409 g/mol. The molecular formula is C22H33ClN2O3. The van der Waals surface area contributed by atoms with E-state index in [9.17, 15) is 4.79 Å². The number of hydrogen-bond donors (Lipinski definition) is 0. The lowest BCUT2D eigenvalue weighted by Crippen LogP contribution is -2.50. The quantitative estimate of drug-likeness (QED) is 0.667. The molecule has 2 heterocycles. The lowest BCUT2D eigenvalue weighted by molar-refractivity contribution is 0.0171. The third-order valence-electron chi connectivity index (χ3n) is 5.82. The molecule has 1 atom stereocenters. The molecule has 5 nitrogen and oxygen atoms in total. The molecule has 2 fully saturated rings. The van der Waals surface area contributed by atoms with Gasteiger partial charge in [0.05, 0.1) is 13.2 Å². The third-order valence-corrected chi connectivity index (χ3v) is 6.18. The Morgan fingerprint density at radius 2 is 2.00 bits per heavy atom. The molecule has 28 heavy (non-hydrogen) atoms. The van der Waals surface area contributed by atoms with Crippen LogP contribution in [-0.4, -0.2) is 61.3 Å². The van der Waals surface area contributed by atoms with Crippen LogP contribution in [0.4, 0.5) is 4.79 Å². The maximum atomic E-state index is 11.9. The van der Waals surface area contributed by atoms with E-state index in [1.165, 1.54) is 18.4 Å². The summed E-state index contributed by atoms with van der Waals surface area (Å²) in [6.07, 6.45) is 3.19. The number of carbonyl (C=O) groups excluding carboxylic acids is 1. The highest BCUT2D eigenvalue weighted by Crippen LogP contribution is 2.29. The number of cyclic esters (lactones) is 1. The van der Waals surface area contributed by atoms with E-state index >= 15 is 0 Å². The van der Waals surface area contributed by atoms with Crippen molar-refractivity contribution in [3.8, 4) is 5.75 Å². The lowest BCUT2D eigenvalue weighted by Gasteiger charge is -2.39. The molecule has 0 N–H and O–H groups in total. The molecular weight excluding hydrogens is 376 g/mol. The van der Waals surface area contributed by atoms with Gasteiger partial charge in [-0.25, -0.2) is 4.79 Å². The van der Waals surface area contributed by atoms with Gasteiger partial charge >= 0.3 is 6.09 Å². The normalized spacial score (nSPS) is 21.8. The number of ether oxygens (including phenoxy) is 2. The van der Waals surface area contributed by atoms with E-state index in [4.69, 9.17) is 21.1 Å². The highest BCUT2D eigenvalue weighted by Gasteiger charge is 2.31. The zero-order chi connectivity index (χ0) is 20.1. The highest BCUT2D eigenvalue weighted by molar-refractivity contribution is 6.31. The van der Waals surface area contributed by atoms with Crippen LogP contribution in [0.2, 0.25) is 5.02 Å². The standard InChI is InChI=1S/C22H33ClN2O3/c1-4-27-20-5-6-21(23)19(12-20)11-17-7-9-24(10-8-17)13-18-14-25(16(2)3)22(26)28-15-18/h5-6,12,16-18H,4,7-11,13-15H2,1-3H3. The maximum absolute atomic E-state index is 11.9. The van der Waals surface area contributed by atoms with E-state index in [0.717, 1.165) is 43.4 Å². The maximum Gasteiger partial charge on any atom is 0.410 e. The Bertz CT molecular complexity index is 659. The number of halogens is 1. The largest absolute Gasteiger partial charge is 0.494 e. The van der Waals surface area contributed by atoms with Crippen molar-refractivity contribution in [1.29, 1.82) is 0 Å². The first-order valence-corrected chi connectivity index (χ1v) is 10.9. The SMILES string of the molecule is CCOc1ccc(Cl)c(CC2CCN(CC3COC(=O)N(C(C)C)C3)CC2)c1. The summed E-state index contributed by atoms with van der Waals surface area (Å²) in [5.41, 5.74) is 1.19. The summed E-state index contributed by atoms with van der Waals surface area (Å²) in [4.78, 5) is 16.2. The molecule has 0 saturated carbocycles. The Labute approximate surface area is 173 Å². The monoisotopic (exact) mass is 408 g/mol. The minimum absolute atomic E-state index is 0.170. The van der Waals surface area contributed by atoms with Crippen LogP contribution in [0.25, 0.3) is 0 Å². The van der Waals surface area contributed by atoms with Crippen molar-refractivity contribution in [3.63, 3.8) is 0 Å². The summed E-state index contributed by atoms with van der Waals surface area (Å²) in [6, 6.07) is 6.17. The van der Waals surface area contributed by atoms with Crippen molar-refractivity contribution in [2.24, 2.45) is 11.8 Å². The molecule has 0 aromatic heterocycles. The Morgan fingerprint density at radius 1 is 1.25 bits per heavy atom. The van der Waals surface area contributed by atoms with Crippen LogP contribution in [0, 0.1) is 11.8 Å². The van der Waals surface area contributed by atoms with E-state index in [0.29, 0.717) is 25.0 Å². The van der Waals surface area contributed by atoms with E-state index < -0.39 is 0 Å². The van der Waals surface area contributed by atoms with Gasteiger partial charge in [-0.2, -0.15) is 0 Å². The fraction of sp³-hybridized carbons (Fsp3) is 0.682. The lowest BCUT2D eigenvalue weighted by atomic mass is 9.89. The number of rotatable bonds is 7. The molecule has 0 aliphatic carbocycles. The summed E-state index contributed by atoms with van der Waals surface area (Å²) in [5.74, 6) is 1.96. The van der Waals surface area contributed by atoms with Gasteiger partial charge in [0.1, 0.15) is 5.75 Å². The molecule has 1 aromatic rings. The van der Waals surface area contributed by atoms with Crippen molar-refractivity contribution in [1.82, 2.24) is 9.80 Å². The second-order valence-electron chi connectivity index (χ2n) is 8.32. The zero-order valence-corrected chi connectivity index (χ0v) is 18.1. The van der Waals surface area contributed by atoms with Crippen LogP contribution in [0.3, 0.4) is 0 Å². The highest BCUT2D eigenvalue weighted by atomic mass is 35.5. The Balaban J connectivity index is 1.47. The van der Waals surface area contributed by atoms with Gasteiger partial charge in [-0.1, -0.05) is 11.6 Å². The van der Waals surface area contributed by atoms with Crippen molar-refractivity contribution < 1.29 is 14.3 Å². The first-order chi connectivity index (χ1) is 13.5. The fourth-order valence-corrected chi connectivity index (χ4v) is 4.42. The molecule has 2 saturated heterocycles. The smallest absolute Gasteiger partial charge is 0.410 e. The Kier molecular flexibility index (Phi) is 7.47. The van der Waals surface area contributed by atoms with E-state index in [1.807, 2.05) is 37.8 Å². The zero-order valence-electron chi connectivity index (χ0n) is 17.3. The average Bonchev–Trinajstić information content (AvgIpc) is 2.67. The minimum atomic E-state index is -0.170. The molecule has 0 radical (unpaired) electrons. The van der Waals surface area contributed by atoms with Crippen LogP contribution in [-0.2, 0) is 11.2 Å². The van der Waals surface area contributed by atoms with Gasteiger partial charge in [0.15, 0.2) is 0 Å².